The molecule has 2 aromatic heterocycles. The van der Waals surface area contributed by atoms with Crippen LogP contribution in [0, 0.1) is 0 Å². The first-order chi connectivity index (χ1) is 12.2. The lowest BCUT2D eigenvalue weighted by atomic mass is 10.1. The Hall–Kier alpha value is -2.99. The molecule has 6 nitrogen and oxygen atoms in total. The van der Waals surface area contributed by atoms with Crippen LogP contribution in [0.4, 0.5) is 0 Å². The van der Waals surface area contributed by atoms with Gasteiger partial charge in [0.1, 0.15) is 5.69 Å². The van der Waals surface area contributed by atoms with E-state index < -0.39 is 0 Å². The highest BCUT2D eigenvalue weighted by molar-refractivity contribution is 5.93. The standard InChI is InChI=1S/C19H21N5O/c1-24-18(8-10-22-24)15-7-9-21-17(12-15)19(25)23-16(13-20)11-14-5-3-2-4-6-14/h2-10,12,16H,11,13,20H2,1H3,(H,23,25). The van der Waals surface area contributed by atoms with Crippen LogP contribution in [0.15, 0.2) is 60.9 Å². The summed E-state index contributed by atoms with van der Waals surface area (Å²) < 4.78 is 1.76. The summed E-state index contributed by atoms with van der Waals surface area (Å²) >= 11 is 0. The van der Waals surface area contributed by atoms with Crippen molar-refractivity contribution >= 4 is 5.91 Å². The van der Waals surface area contributed by atoms with Gasteiger partial charge in [-0.05, 0) is 30.2 Å². The zero-order valence-electron chi connectivity index (χ0n) is 14.1. The van der Waals surface area contributed by atoms with Gasteiger partial charge in [0.2, 0.25) is 0 Å². The lowest BCUT2D eigenvalue weighted by Gasteiger charge is -2.17. The number of amides is 1. The van der Waals surface area contributed by atoms with Crippen LogP contribution >= 0.6 is 0 Å². The molecule has 0 saturated heterocycles. The van der Waals surface area contributed by atoms with E-state index >= 15 is 0 Å². The summed E-state index contributed by atoms with van der Waals surface area (Å²) in [4.78, 5) is 16.8. The smallest absolute Gasteiger partial charge is 0.270 e. The van der Waals surface area contributed by atoms with E-state index in [4.69, 9.17) is 5.73 Å². The van der Waals surface area contributed by atoms with Crippen molar-refractivity contribution in [2.45, 2.75) is 12.5 Å². The van der Waals surface area contributed by atoms with Gasteiger partial charge in [-0.25, -0.2) is 0 Å². The molecule has 128 valence electrons. The molecule has 3 aromatic rings. The molecule has 1 aromatic carbocycles. The highest BCUT2D eigenvalue weighted by atomic mass is 16.1. The number of hydrogen-bond donors (Lipinski definition) is 2. The number of rotatable bonds is 6. The van der Waals surface area contributed by atoms with Crippen LogP contribution in [0.1, 0.15) is 16.1 Å². The number of hydrogen-bond acceptors (Lipinski definition) is 4. The van der Waals surface area contributed by atoms with Gasteiger partial charge >= 0.3 is 0 Å². The molecule has 1 amide bonds. The second-order valence-electron chi connectivity index (χ2n) is 5.87. The zero-order valence-corrected chi connectivity index (χ0v) is 14.1. The van der Waals surface area contributed by atoms with E-state index in [0.29, 0.717) is 18.7 Å². The molecule has 0 saturated carbocycles. The second-order valence-corrected chi connectivity index (χ2v) is 5.87. The molecule has 0 fully saturated rings. The maximum Gasteiger partial charge on any atom is 0.270 e. The normalized spacial score (nSPS) is 11.9. The van der Waals surface area contributed by atoms with Crippen LogP contribution in [-0.2, 0) is 13.5 Å². The minimum atomic E-state index is -0.226. The summed E-state index contributed by atoms with van der Waals surface area (Å²) in [6.07, 6.45) is 4.04. The van der Waals surface area contributed by atoms with Gasteiger partial charge in [0.25, 0.3) is 5.91 Å². The van der Waals surface area contributed by atoms with Gasteiger partial charge in [-0.1, -0.05) is 30.3 Å². The molecule has 1 atom stereocenters. The van der Waals surface area contributed by atoms with Crippen LogP contribution in [0.2, 0.25) is 0 Å². The van der Waals surface area contributed by atoms with Crippen LogP contribution in [0.5, 0.6) is 0 Å². The van der Waals surface area contributed by atoms with Gasteiger partial charge in [0.05, 0.1) is 5.69 Å². The molecular weight excluding hydrogens is 314 g/mol. The highest BCUT2D eigenvalue weighted by Gasteiger charge is 2.15. The first kappa shape index (κ1) is 16.9. The third-order valence-corrected chi connectivity index (χ3v) is 4.05. The largest absolute Gasteiger partial charge is 0.346 e. The summed E-state index contributed by atoms with van der Waals surface area (Å²) in [5, 5.41) is 7.12. The fourth-order valence-corrected chi connectivity index (χ4v) is 2.72. The van der Waals surface area contributed by atoms with Gasteiger partial charge < -0.3 is 11.1 Å². The Morgan fingerprint density at radius 3 is 2.68 bits per heavy atom. The number of carbonyl (C=O) groups is 1. The molecule has 25 heavy (non-hydrogen) atoms. The third kappa shape index (κ3) is 4.10. The zero-order chi connectivity index (χ0) is 17.6. The highest BCUT2D eigenvalue weighted by Crippen LogP contribution is 2.18. The SMILES string of the molecule is Cn1nccc1-c1ccnc(C(=O)NC(CN)Cc2ccccc2)c1. The van der Waals surface area contributed by atoms with E-state index in [0.717, 1.165) is 16.8 Å². The molecule has 0 spiro atoms. The van der Waals surface area contributed by atoms with Crippen molar-refractivity contribution in [1.29, 1.82) is 0 Å². The van der Waals surface area contributed by atoms with Crippen molar-refractivity contribution in [3.05, 3.63) is 72.2 Å². The molecule has 3 N–H and O–H groups in total. The number of pyridine rings is 1. The Balaban J connectivity index is 1.73. The Bertz CT molecular complexity index is 844. The number of aryl methyl sites for hydroxylation is 1. The molecule has 0 radical (unpaired) electrons. The number of carbonyl (C=O) groups excluding carboxylic acids is 1. The third-order valence-electron chi connectivity index (χ3n) is 4.05. The number of nitrogens with two attached hydrogens (primary N) is 1. The van der Waals surface area contributed by atoms with Crippen molar-refractivity contribution in [1.82, 2.24) is 20.1 Å². The minimum absolute atomic E-state index is 0.142. The molecule has 0 bridgehead atoms. The van der Waals surface area contributed by atoms with Gasteiger partial charge in [-0.15, -0.1) is 0 Å². The average Bonchev–Trinajstić information content (AvgIpc) is 3.08. The van der Waals surface area contributed by atoms with Crippen LogP contribution in [0.3, 0.4) is 0 Å². The topological polar surface area (TPSA) is 85.8 Å². The minimum Gasteiger partial charge on any atom is -0.346 e. The molecule has 6 heteroatoms. The predicted molar refractivity (Wildman–Crippen MR) is 96.9 cm³/mol. The molecule has 2 heterocycles. The second kappa shape index (κ2) is 7.72. The number of benzene rings is 1. The van der Waals surface area contributed by atoms with E-state index in [1.54, 1.807) is 23.1 Å². The van der Waals surface area contributed by atoms with Gasteiger partial charge in [0.15, 0.2) is 0 Å². The van der Waals surface area contributed by atoms with E-state index in [2.05, 4.69) is 15.4 Å². The van der Waals surface area contributed by atoms with Crippen LogP contribution in [-0.4, -0.2) is 33.3 Å². The van der Waals surface area contributed by atoms with Crippen molar-refractivity contribution in [3.8, 4) is 11.3 Å². The predicted octanol–water partition coefficient (Wildman–Crippen LogP) is 1.78. The van der Waals surface area contributed by atoms with E-state index in [9.17, 15) is 4.79 Å². The maximum absolute atomic E-state index is 12.6. The summed E-state index contributed by atoms with van der Waals surface area (Å²) in [6, 6.07) is 15.3. The van der Waals surface area contributed by atoms with E-state index in [1.165, 1.54) is 0 Å². The molecule has 3 rings (SSSR count). The van der Waals surface area contributed by atoms with Crippen molar-refractivity contribution in [2.75, 3.05) is 6.54 Å². The Morgan fingerprint density at radius 1 is 1.20 bits per heavy atom. The van der Waals surface area contributed by atoms with Crippen LogP contribution < -0.4 is 11.1 Å². The number of nitrogens with one attached hydrogen (secondary N) is 1. The number of aromatic nitrogens is 3. The van der Waals surface area contributed by atoms with Crippen molar-refractivity contribution in [3.63, 3.8) is 0 Å². The lowest BCUT2D eigenvalue weighted by Crippen LogP contribution is -2.42. The summed E-state index contributed by atoms with van der Waals surface area (Å²) in [5.41, 5.74) is 9.15. The summed E-state index contributed by atoms with van der Waals surface area (Å²) in [5.74, 6) is -0.226. The fourth-order valence-electron chi connectivity index (χ4n) is 2.72. The summed E-state index contributed by atoms with van der Waals surface area (Å²) in [7, 11) is 1.86. The lowest BCUT2D eigenvalue weighted by molar-refractivity contribution is 0.0933. The van der Waals surface area contributed by atoms with E-state index in [-0.39, 0.29) is 11.9 Å². The van der Waals surface area contributed by atoms with Crippen molar-refractivity contribution in [2.24, 2.45) is 12.8 Å². The van der Waals surface area contributed by atoms with Gasteiger partial charge in [-0.2, -0.15) is 5.10 Å². The van der Waals surface area contributed by atoms with Gasteiger partial charge in [0, 0.05) is 37.6 Å². The molecule has 0 aliphatic heterocycles. The Labute approximate surface area is 146 Å². The molecule has 0 aliphatic carbocycles. The number of nitrogens with zero attached hydrogens (tertiary/aromatic N) is 3. The molecule has 0 aliphatic rings. The monoisotopic (exact) mass is 335 g/mol. The molecule has 1 unspecified atom stereocenters. The summed E-state index contributed by atoms with van der Waals surface area (Å²) in [6.45, 7) is 0.363. The Kier molecular flexibility index (Phi) is 5.20. The fraction of sp³-hybridized carbons (Fsp3) is 0.211. The molecular formula is C19H21N5O. The van der Waals surface area contributed by atoms with Crippen molar-refractivity contribution < 1.29 is 4.79 Å². The average molecular weight is 335 g/mol. The Morgan fingerprint density at radius 2 is 2.00 bits per heavy atom. The van der Waals surface area contributed by atoms with Gasteiger partial charge in [-0.3, -0.25) is 14.5 Å². The quantitative estimate of drug-likeness (QED) is 0.719. The maximum atomic E-state index is 12.6. The first-order valence-corrected chi connectivity index (χ1v) is 8.16. The van der Waals surface area contributed by atoms with Crippen LogP contribution in [0.25, 0.3) is 11.3 Å². The van der Waals surface area contributed by atoms with E-state index in [1.807, 2.05) is 49.5 Å². The first-order valence-electron chi connectivity index (χ1n) is 8.16.